The summed E-state index contributed by atoms with van der Waals surface area (Å²) in [5.74, 6) is 0.143. The van der Waals surface area contributed by atoms with Crippen LogP contribution >= 0.6 is 11.6 Å². The van der Waals surface area contributed by atoms with Crippen LogP contribution in [0.5, 0.6) is 0 Å². The van der Waals surface area contributed by atoms with Crippen molar-refractivity contribution in [2.75, 3.05) is 23.3 Å². The molecule has 3 rings (SSSR count). The van der Waals surface area contributed by atoms with Gasteiger partial charge in [0.1, 0.15) is 0 Å². The van der Waals surface area contributed by atoms with Gasteiger partial charge in [-0.3, -0.25) is 4.79 Å². The molecule has 0 spiro atoms. The van der Waals surface area contributed by atoms with Crippen molar-refractivity contribution in [2.45, 2.75) is 32.6 Å². The van der Waals surface area contributed by atoms with E-state index in [4.69, 9.17) is 11.6 Å². The van der Waals surface area contributed by atoms with E-state index in [1.807, 2.05) is 36.4 Å². The van der Waals surface area contributed by atoms with Crippen molar-refractivity contribution in [3.63, 3.8) is 0 Å². The van der Waals surface area contributed by atoms with Gasteiger partial charge in [0.05, 0.1) is 0 Å². The predicted molar refractivity (Wildman–Crippen MR) is 114 cm³/mol. The minimum atomic E-state index is -0.263. The van der Waals surface area contributed by atoms with Crippen LogP contribution in [0, 0.1) is 5.92 Å². The van der Waals surface area contributed by atoms with Gasteiger partial charge in [-0.1, -0.05) is 44.5 Å². The molecule has 2 N–H and O–H groups in total. The Bertz CT molecular complexity index is 842. The summed E-state index contributed by atoms with van der Waals surface area (Å²) in [6, 6.07) is 14.8. The molecule has 1 atom stereocenters. The van der Waals surface area contributed by atoms with Crippen molar-refractivity contribution in [1.29, 1.82) is 0 Å². The Kier molecular flexibility index (Phi) is 5.94. The molecule has 0 radical (unpaired) electrons. The second-order valence-electron chi connectivity index (χ2n) is 8.21. The fraction of sp³-hybridized carbons (Fsp3) is 0.364. The number of carbonyl (C=O) groups is 2. The molecular weight excluding hydrogens is 374 g/mol. The van der Waals surface area contributed by atoms with E-state index in [1.54, 1.807) is 17.0 Å². The average molecular weight is 400 g/mol. The Morgan fingerprint density at radius 1 is 1.11 bits per heavy atom. The highest BCUT2D eigenvalue weighted by Crippen LogP contribution is 2.26. The second kappa shape index (κ2) is 8.23. The number of hydrogen-bond donors (Lipinski definition) is 2. The monoisotopic (exact) mass is 399 g/mol. The number of benzene rings is 2. The summed E-state index contributed by atoms with van der Waals surface area (Å²) < 4.78 is 0. The van der Waals surface area contributed by atoms with E-state index in [9.17, 15) is 9.59 Å². The number of urea groups is 1. The van der Waals surface area contributed by atoms with Crippen molar-refractivity contribution in [3.05, 3.63) is 59.1 Å². The van der Waals surface area contributed by atoms with E-state index in [-0.39, 0.29) is 23.3 Å². The molecule has 1 aliphatic heterocycles. The molecule has 0 aromatic heterocycles. The Morgan fingerprint density at radius 3 is 2.36 bits per heavy atom. The molecule has 2 aromatic carbocycles. The minimum Gasteiger partial charge on any atom is -0.338 e. The Balaban J connectivity index is 1.50. The quantitative estimate of drug-likeness (QED) is 0.774. The number of nitrogens with one attached hydrogen (secondary N) is 2. The average Bonchev–Trinajstić information content (AvgIpc) is 3.01. The van der Waals surface area contributed by atoms with Gasteiger partial charge in [0.25, 0.3) is 0 Å². The van der Waals surface area contributed by atoms with Crippen LogP contribution in [-0.2, 0) is 10.2 Å². The maximum atomic E-state index is 12.3. The molecule has 148 valence electrons. The second-order valence-corrected chi connectivity index (χ2v) is 8.65. The van der Waals surface area contributed by atoms with Crippen molar-refractivity contribution >= 4 is 34.9 Å². The third kappa shape index (κ3) is 5.04. The Labute approximate surface area is 171 Å². The first-order valence-electron chi connectivity index (χ1n) is 9.44. The zero-order valence-electron chi connectivity index (χ0n) is 16.5. The Morgan fingerprint density at radius 2 is 1.75 bits per heavy atom. The molecule has 1 fully saturated rings. The van der Waals surface area contributed by atoms with Gasteiger partial charge in [0, 0.05) is 41.8 Å². The lowest BCUT2D eigenvalue weighted by atomic mass is 9.87. The van der Waals surface area contributed by atoms with E-state index < -0.39 is 0 Å². The molecular formula is C22H26ClN3O2. The fourth-order valence-electron chi connectivity index (χ4n) is 3.25. The summed E-state index contributed by atoms with van der Waals surface area (Å²) >= 11 is 5.91. The molecule has 3 amide bonds. The third-order valence-electron chi connectivity index (χ3n) is 4.90. The standard InChI is InChI=1S/C22H26ClN3O2/c1-22(2,3)16-4-8-18(9-5-16)25-21(28)24-13-15-12-20(27)26(14-15)19-10-6-17(23)7-11-19/h4-11,15H,12-14H2,1-3H3,(H2,24,25,28). The van der Waals surface area contributed by atoms with Crippen LogP contribution in [0.4, 0.5) is 16.2 Å². The molecule has 6 heteroatoms. The van der Waals surface area contributed by atoms with Crippen LogP contribution in [0.15, 0.2) is 48.5 Å². The van der Waals surface area contributed by atoms with Crippen molar-refractivity contribution in [2.24, 2.45) is 5.92 Å². The van der Waals surface area contributed by atoms with Crippen molar-refractivity contribution in [1.82, 2.24) is 5.32 Å². The van der Waals surface area contributed by atoms with Gasteiger partial charge >= 0.3 is 6.03 Å². The molecule has 1 saturated heterocycles. The van der Waals surface area contributed by atoms with Crippen LogP contribution in [-0.4, -0.2) is 25.0 Å². The number of amides is 3. The van der Waals surface area contributed by atoms with Crippen LogP contribution in [0.25, 0.3) is 0 Å². The molecule has 0 bridgehead atoms. The summed E-state index contributed by atoms with van der Waals surface area (Å²) in [6.07, 6.45) is 0.420. The van der Waals surface area contributed by atoms with Gasteiger partial charge in [0.2, 0.25) is 5.91 Å². The Hall–Kier alpha value is -2.53. The van der Waals surface area contributed by atoms with E-state index in [0.29, 0.717) is 24.5 Å². The smallest absolute Gasteiger partial charge is 0.319 e. The highest BCUT2D eigenvalue weighted by molar-refractivity contribution is 6.30. The first-order chi connectivity index (χ1) is 13.2. The maximum absolute atomic E-state index is 12.3. The molecule has 1 aliphatic rings. The molecule has 2 aromatic rings. The number of halogens is 1. The van der Waals surface area contributed by atoms with Gasteiger partial charge in [-0.15, -0.1) is 0 Å². The molecule has 28 heavy (non-hydrogen) atoms. The first-order valence-corrected chi connectivity index (χ1v) is 9.81. The van der Waals surface area contributed by atoms with Gasteiger partial charge in [-0.2, -0.15) is 0 Å². The highest BCUT2D eigenvalue weighted by atomic mass is 35.5. The number of anilines is 2. The van der Waals surface area contributed by atoms with E-state index in [0.717, 1.165) is 11.4 Å². The van der Waals surface area contributed by atoms with E-state index >= 15 is 0 Å². The maximum Gasteiger partial charge on any atom is 0.319 e. The molecule has 1 unspecified atom stereocenters. The number of rotatable bonds is 4. The number of carbonyl (C=O) groups excluding carboxylic acids is 2. The molecule has 1 heterocycles. The number of hydrogen-bond acceptors (Lipinski definition) is 2. The van der Waals surface area contributed by atoms with Gasteiger partial charge in [-0.05, 0) is 47.4 Å². The van der Waals surface area contributed by atoms with Crippen LogP contribution in [0.3, 0.4) is 0 Å². The van der Waals surface area contributed by atoms with E-state index in [1.165, 1.54) is 5.56 Å². The number of nitrogens with zero attached hydrogens (tertiary/aromatic N) is 1. The topological polar surface area (TPSA) is 61.4 Å². The van der Waals surface area contributed by atoms with Crippen LogP contribution < -0.4 is 15.5 Å². The lowest BCUT2D eigenvalue weighted by Gasteiger charge is -2.19. The summed E-state index contributed by atoms with van der Waals surface area (Å²) in [5, 5.41) is 6.35. The molecule has 0 aliphatic carbocycles. The largest absolute Gasteiger partial charge is 0.338 e. The minimum absolute atomic E-state index is 0.0623. The van der Waals surface area contributed by atoms with Gasteiger partial charge in [-0.25, -0.2) is 4.79 Å². The van der Waals surface area contributed by atoms with E-state index in [2.05, 4.69) is 31.4 Å². The summed E-state index contributed by atoms with van der Waals surface area (Å²) in [4.78, 5) is 26.2. The van der Waals surface area contributed by atoms with Crippen molar-refractivity contribution in [3.8, 4) is 0 Å². The van der Waals surface area contributed by atoms with Gasteiger partial charge < -0.3 is 15.5 Å². The zero-order chi connectivity index (χ0) is 20.3. The summed E-state index contributed by atoms with van der Waals surface area (Å²) in [7, 11) is 0. The zero-order valence-corrected chi connectivity index (χ0v) is 17.2. The first kappa shape index (κ1) is 20.2. The SMILES string of the molecule is CC(C)(C)c1ccc(NC(=O)NCC2CC(=O)N(c3ccc(Cl)cc3)C2)cc1. The van der Waals surface area contributed by atoms with Crippen LogP contribution in [0.1, 0.15) is 32.8 Å². The van der Waals surface area contributed by atoms with Gasteiger partial charge in [0.15, 0.2) is 0 Å². The van der Waals surface area contributed by atoms with Crippen molar-refractivity contribution < 1.29 is 9.59 Å². The normalized spacial score (nSPS) is 16.9. The van der Waals surface area contributed by atoms with Crippen LogP contribution in [0.2, 0.25) is 5.02 Å². The fourth-order valence-corrected chi connectivity index (χ4v) is 3.38. The molecule has 5 nitrogen and oxygen atoms in total. The lowest BCUT2D eigenvalue weighted by Crippen LogP contribution is -2.34. The third-order valence-corrected chi connectivity index (χ3v) is 5.16. The lowest BCUT2D eigenvalue weighted by molar-refractivity contribution is -0.117. The summed E-state index contributed by atoms with van der Waals surface area (Å²) in [5.41, 5.74) is 2.87. The summed E-state index contributed by atoms with van der Waals surface area (Å²) in [6.45, 7) is 7.48. The predicted octanol–water partition coefficient (Wildman–Crippen LogP) is 4.81. The molecule has 0 saturated carbocycles. The highest BCUT2D eigenvalue weighted by Gasteiger charge is 2.30.